The van der Waals surface area contributed by atoms with Crippen LogP contribution in [0.3, 0.4) is 0 Å². The Balaban J connectivity index is 2.68. The molecular weight excluding hydrogens is 221 g/mol. The lowest BCUT2D eigenvalue weighted by molar-refractivity contribution is -0.115. The average Bonchev–Trinajstić information content (AvgIpc) is 1.97. The maximum absolute atomic E-state index is 11.8. The molecule has 14 heavy (non-hydrogen) atoms. The number of aryl methyl sites for hydroxylation is 1. The fourth-order valence-electron chi connectivity index (χ4n) is 0.708. The smallest absolute Gasteiger partial charge is 0.345 e. The van der Waals surface area contributed by atoms with E-state index in [1.54, 1.807) is 0 Å². The maximum atomic E-state index is 11.8. The first-order valence-corrected chi connectivity index (χ1v) is 3.93. The molecule has 1 aromatic heterocycles. The molecule has 0 atom stereocenters. The van der Waals surface area contributed by atoms with Crippen LogP contribution in [0.15, 0.2) is 0 Å². The van der Waals surface area contributed by atoms with Gasteiger partial charge in [-0.05, 0) is 18.5 Å². The third kappa shape index (κ3) is 3.73. The molecule has 0 aromatic carbocycles. The van der Waals surface area contributed by atoms with E-state index in [2.05, 4.69) is 15.0 Å². The highest BCUT2D eigenvalue weighted by Gasteiger charge is 2.27. The van der Waals surface area contributed by atoms with Crippen LogP contribution < -0.4 is 5.32 Å². The van der Waals surface area contributed by atoms with Crippen molar-refractivity contribution in [2.75, 3.05) is 11.9 Å². The van der Waals surface area contributed by atoms with Gasteiger partial charge >= 0.3 is 6.18 Å². The molecule has 8 heteroatoms. The summed E-state index contributed by atoms with van der Waals surface area (Å²) in [5.74, 6) is 0.0782. The van der Waals surface area contributed by atoms with Crippen molar-refractivity contribution in [3.8, 4) is 0 Å². The normalized spacial score (nSPS) is 11.5. The molecule has 0 aliphatic carbocycles. The molecule has 0 radical (unpaired) electrons. The van der Waals surface area contributed by atoms with Crippen LogP contribution in [-0.2, 0) is 0 Å². The molecule has 0 saturated heterocycles. The van der Waals surface area contributed by atoms with Crippen molar-refractivity contribution in [1.29, 1.82) is 0 Å². The van der Waals surface area contributed by atoms with Crippen molar-refractivity contribution in [3.63, 3.8) is 0 Å². The van der Waals surface area contributed by atoms with Gasteiger partial charge in [0.05, 0.1) is 0 Å². The Hall–Kier alpha value is -1.11. The molecule has 1 rings (SSSR count). The lowest BCUT2D eigenvalue weighted by Crippen LogP contribution is -2.22. The number of hydrogen-bond acceptors (Lipinski definition) is 4. The Morgan fingerprint density at radius 2 is 1.93 bits per heavy atom. The third-order valence-electron chi connectivity index (χ3n) is 1.17. The van der Waals surface area contributed by atoms with Gasteiger partial charge in [0.25, 0.3) is 0 Å². The van der Waals surface area contributed by atoms with Gasteiger partial charge in [0.2, 0.25) is 11.2 Å². The number of nitrogens with zero attached hydrogens (tertiary/aromatic N) is 3. The third-order valence-corrected chi connectivity index (χ3v) is 1.34. The molecule has 0 spiro atoms. The van der Waals surface area contributed by atoms with Crippen LogP contribution in [0.25, 0.3) is 0 Å². The van der Waals surface area contributed by atoms with E-state index >= 15 is 0 Å². The molecule has 0 bridgehead atoms. The van der Waals surface area contributed by atoms with Gasteiger partial charge in [0.1, 0.15) is 12.4 Å². The van der Waals surface area contributed by atoms with Crippen molar-refractivity contribution < 1.29 is 13.2 Å². The second kappa shape index (κ2) is 3.95. The Labute approximate surface area is 82.5 Å². The Bertz CT molecular complexity index is 307. The summed E-state index contributed by atoms with van der Waals surface area (Å²) in [4.78, 5) is 10.7. The van der Waals surface area contributed by atoms with E-state index in [0.29, 0.717) is 0 Å². The predicted octanol–water partition coefficient (Wildman–Crippen LogP) is 1.81. The van der Waals surface area contributed by atoms with E-state index in [1.807, 2.05) is 5.32 Å². The van der Waals surface area contributed by atoms with E-state index in [1.165, 1.54) is 6.92 Å². The summed E-state index contributed by atoms with van der Waals surface area (Å²) in [5, 5.41) is 1.86. The lowest BCUT2D eigenvalue weighted by Gasteiger charge is -2.07. The second-order valence-corrected chi connectivity index (χ2v) is 2.78. The first kappa shape index (κ1) is 11.0. The fraction of sp³-hybridized carbons (Fsp3) is 0.500. The highest BCUT2D eigenvalue weighted by Crippen LogP contribution is 2.15. The number of nitrogens with one attached hydrogen (secondary N) is 1. The standard InChI is InChI=1S/C6H6ClF3N4/c1-3-12-4(7)14-5(13-3)11-2-6(8,9)10/h2H2,1H3,(H,11,12,13,14). The summed E-state index contributed by atoms with van der Waals surface area (Å²) in [6, 6.07) is 0. The topological polar surface area (TPSA) is 50.7 Å². The van der Waals surface area contributed by atoms with Crippen molar-refractivity contribution in [1.82, 2.24) is 15.0 Å². The second-order valence-electron chi connectivity index (χ2n) is 2.44. The zero-order valence-corrected chi connectivity index (χ0v) is 7.82. The summed E-state index contributed by atoms with van der Waals surface area (Å²) in [5.41, 5.74) is 0. The Kier molecular flexibility index (Phi) is 3.10. The predicted molar refractivity (Wildman–Crippen MR) is 44.1 cm³/mol. The molecule has 0 fully saturated rings. The van der Waals surface area contributed by atoms with Crippen molar-refractivity contribution in [2.24, 2.45) is 0 Å². The van der Waals surface area contributed by atoms with Crippen LogP contribution in [-0.4, -0.2) is 27.7 Å². The number of halogens is 4. The summed E-state index contributed by atoms with van der Waals surface area (Å²) in [6.45, 7) is 0.305. The lowest BCUT2D eigenvalue weighted by atomic mass is 10.6. The van der Waals surface area contributed by atoms with E-state index in [4.69, 9.17) is 11.6 Å². The van der Waals surface area contributed by atoms with Crippen LogP contribution in [0.5, 0.6) is 0 Å². The molecule has 1 N–H and O–H groups in total. The molecule has 1 aromatic rings. The number of anilines is 1. The minimum atomic E-state index is -4.31. The van der Waals surface area contributed by atoms with Gasteiger partial charge in [-0.1, -0.05) is 0 Å². The molecule has 0 saturated carbocycles. The van der Waals surface area contributed by atoms with Gasteiger partial charge in [0.15, 0.2) is 0 Å². The molecule has 0 aliphatic heterocycles. The van der Waals surface area contributed by atoms with Crippen LogP contribution in [0.2, 0.25) is 5.28 Å². The quantitative estimate of drug-likeness (QED) is 0.836. The largest absolute Gasteiger partial charge is 0.405 e. The van der Waals surface area contributed by atoms with Gasteiger partial charge in [-0.25, -0.2) is 4.98 Å². The maximum Gasteiger partial charge on any atom is 0.405 e. The fourth-order valence-corrected chi connectivity index (χ4v) is 0.910. The Morgan fingerprint density at radius 1 is 1.29 bits per heavy atom. The first-order chi connectivity index (χ1) is 6.37. The van der Waals surface area contributed by atoms with E-state index in [-0.39, 0.29) is 17.1 Å². The molecule has 1 heterocycles. The minimum absolute atomic E-state index is 0.137. The van der Waals surface area contributed by atoms with Crippen LogP contribution >= 0.6 is 11.6 Å². The Morgan fingerprint density at radius 3 is 2.43 bits per heavy atom. The summed E-state index contributed by atoms with van der Waals surface area (Å²) < 4.78 is 35.3. The molecular formula is C6H6ClF3N4. The molecule has 0 unspecified atom stereocenters. The highest BCUT2D eigenvalue weighted by atomic mass is 35.5. The molecule has 4 nitrogen and oxygen atoms in total. The molecule has 78 valence electrons. The first-order valence-electron chi connectivity index (χ1n) is 3.55. The van der Waals surface area contributed by atoms with E-state index in [9.17, 15) is 13.2 Å². The monoisotopic (exact) mass is 226 g/mol. The zero-order chi connectivity index (χ0) is 10.8. The SMILES string of the molecule is Cc1nc(Cl)nc(NCC(F)(F)F)n1. The summed E-state index contributed by atoms with van der Waals surface area (Å²) in [7, 11) is 0. The van der Waals surface area contributed by atoms with Crippen molar-refractivity contribution in [3.05, 3.63) is 11.1 Å². The highest BCUT2D eigenvalue weighted by molar-refractivity contribution is 6.28. The zero-order valence-electron chi connectivity index (χ0n) is 7.06. The van der Waals surface area contributed by atoms with E-state index < -0.39 is 12.7 Å². The van der Waals surface area contributed by atoms with Crippen LogP contribution in [0.1, 0.15) is 5.82 Å². The molecule has 0 amide bonds. The van der Waals surface area contributed by atoms with Gasteiger partial charge in [0, 0.05) is 0 Å². The number of alkyl halides is 3. The number of rotatable bonds is 2. The van der Waals surface area contributed by atoms with Crippen LogP contribution in [0, 0.1) is 6.92 Å². The summed E-state index contributed by atoms with van der Waals surface area (Å²) >= 11 is 5.42. The summed E-state index contributed by atoms with van der Waals surface area (Å²) in [6.07, 6.45) is -4.31. The van der Waals surface area contributed by atoms with Gasteiger partial charge in [-0.2, -0.15) is 23.1 Å². The van der Waals surface area contributed by atoms with Crippen molar-refractivity contribution >= 4 is 17.5 Å². The van der Waals surface area contributed by atoms with E-state index in [0.717, 1.165) is 0 Å². The van der Waals surface area contributed by atoms with Crippen molar-refractivity contribution in [2.45, 2.75) is 13.1 Å². The average molecular weight is 227 g/mol. The van der Waals surface area contributed by atoms with Gasteiger partial charge < -0.3 is 5.32 Å². The van der Waals surface area contributed by atoms with Gasteiger partial charge in [-0.3, -0.25) is 0 Å². The molecule has 0 aliphatic rings. The number of aromatic nitrogens is 3. The minimum Gasteiger partial charge on any atom is -0.345 e. The van der Waals surface area contributed by atoms with Gasteiger partial charge in [-0.15, -0.1) is 0 Å². The van der Waals surface area contributed by atoms with Crippen LogP contribution in [0.4, 0.5) is 19.1 Å². The number of hydrogen-bond donors (Lipinski definition) is 1.